The maximum Gasteiger partial charge on any atom is 0.203 e. The number of anilines is 1. The second kappa shape index (κ2) is 5.18. The zero-order chi connectivity index (χ0) is 14.3. The fraction of sp³-hybridized carbons (Fsp3) is 0.143. The molecule has 0 saturated heterocycles. The third-order valence-corrected chi connectivity index (χ3v) is 4.23. The molecule has 0 aliphatic carbocycles. The van der Waals surface area contributed by atoms with Gasteiger partial charge in [-0.3, -0.25) is 4.57 Å². The molecule has 0 spiro atoms. The molecule has 6 heteroatoms. The van der Waals surface area contributed by atoms with Gasteiger partial charge in [-0.15, -0.1) is 0 Å². The number of nitrogens with zero attached hydrogens (tertiary/aromatic N) is 3. The maximum absolute atomic E-state index is 6.06. The summed E-state index contributed by atoms with van der Waals surface area (Å²) >= 11 is 6.84. The molecule has 2 heterocycles. The summed E-state index contributed by atoms with van der Waals surface area (Å²) in [7, 11) is 0. The summed E-state index contributed by atoms with van der Waals surface area (Å²) in [5.74, 6) is 0.473. The van der Waals surface area contributed by atoms with Gasteiger partial charge in [0.1, 0.15) is 5.52 Å². The average molecular weight is 396 g/mol. The first-order valence-corrected chi connectivity index (χ1v) is 7.69. The predicted molar refractivity (Wildman–Crippen MR) is 87.6 cm³/mol. The molecule has 0 amide bonds. The van der Waals surface area contributed by atoms with Gasteiger partial charge in [-0.2, -0.15) is 0 Å². The summed E-state index contributed by atoms with van der Waals surface area (Å²) in [6, 6.07) is 10.2. The lowest BCUT2D eigenvalue weighted by molar-refractivity contribution is 0.662. The van der Waals surface area contributed by atoms with Gasteiger partial charge >= 0.3 is 0 Å². The molecule has 1 atom stereocenters. The van der Waals surface area contributed by atoms with Crippen LogP contribution in [0, 0.1) is 0 Å². The van der Waals surface area contributed by atoms with E-state index in [1.54, 1.807) is 6.20 Å². The van der Waals surface area contributed by atoms with E-state index in [0.717, 1.165) is 25.7 Å². The summed E-state index contributed by atoms with van der Waals surface area (Å²) in [6.45, 7) is 2.09. The number of hydrogen-bond donors (Lipinski definition) is 1. The number of nitrogen functional groups attached to an aromatic ring is 1. The normalized spacial score (nSPS) is 12.8. The fourth-order valence-electron chi connectivity index (χ4n) is 2.25. The molecule has 2 aromatic heterocycles. The highest BCUT2D eigenvalue weighted by Crippen LogP contribution is 2.28. The number of hydrogen-bond acceptors (Lipinski definition) is 3. The van der Waals surface area contributed by atoms with Crippen LogP contribution in [-0.4, -0.2) is 14.5 Å². The smallest absolute Gasteiger partial charge is 0.203 e. The number of rotatable bonds is 2. The van der Waals surface area contributed by atoms with Gasteiger partial charge in [0.05, 0.1) is 6.04 Å². The first-order valence-electron chi connectivity index (χ1n) is 6.10. The van der Waals surface area contributed by atoms with Gasteiger partial charge in [-0.1, -0.05) is 28.1 Å². The van der Waals surface area contributed by atoms with Crippen LogP contribution < -0.4 is 5.73 Å². The maximum atomic E-state index is 6.06. The number of imidazole rings is 1. The van der Waals surface area contributed by atoms with Gasteiger partial charge < -0.3 is 5.73 Å². The molecule has 0 aliphatic rings. The van der Waals surface area contributed by atoms with Gasteiger partial charge in [0.25, 0.3) is 0 Å². The lowest BCUT2D eigenvalue weighted by Crippen LogP contribution is -2.10. The molecule has 4 nitrogen and oxygen atoms in total. The minimum absolute atomic E-state index is 0.0711. The Kier molecular flexibility index (Phi) is 3.52. The van der Waals surface area contributed by atoms with Crippen LogP contribution in [0.5, 0.6) is 0 Å². The molecule has 20 heavy (non-hydrogen) atoms. The standard InChI is InChI=1S/C14H12Br2N4/c1-8(9-2-4-10(15)5-3-9)20-13-12(19-14(20)17)6-11(16)7-18-13/h2-8H,1H3,(H2,17,19). The van der Waals surface area contributed by atoms with Crippen LogP contribution >= 0.6 is 31.9 Å². The topological polar surface area (TPSA) is 56.7 Å². The van der Waals surface area contributed by atoms with Crippen molar-refractivity contribution in [2.45, 2.75) is 13.0 Å². The van der Waals surface area contributed by atoms with E-state index in [4.69, 9.17) is 5.73 Å². The predicted octanol–water partition coefficient (Wildman–Crippen LogP) is 4.15. The molecule has 0 saturated carbocycles. The summed E-state index contributed by atoms with van der Waals surface area (Å²) in [5.41, 5.74) is 8.80. The van der Waals surface area contributed by atoms with Crippen molar-refractivity contribution >= 4 is 49.0 Å². The number of halogens is 2. The van der Waals surface area contributed by atoms with E-state index in [9.17, 15) is 0 Å². The van der Waals surface area contributed by atoms with Gasteiger partial charge in [-0.05, 0) is 46.6 Å². The molecular weight excluding hydrogens is 384 g/mol. The summed E-state index contributed by atoms with van der Waals surface area (Å²) in [5, 5.41) is 0. The Balaban J connectivity index is 2.13. The monoisotopic (exact) mass is 394 g/mol. The van der Waals surface area contributed by atoms with Crippen molar-refractivity contribution in [2.24, 2.45) is 0 Å². The highest BCUT2D eigenvalue weighted by Gasteiger charge is 2.16. The zero-order valence-electron chi connectivity index (χ0n) is 10.7. The fourth-order valence-corrected chi connectivity index (χ4v) is 2.83. The molecule has 0 aliphatic heterocycles. The molecule has 3 rings (SSSR count). The van der Waals surface area contributed by atoms with Gasteiger partial charge in [0.2, 0.25) is 5.95 Å². The molecule has 1 unspecified atom stereocenters. The summed E-state index contributed by atoms with van der Waals surface area (Å²) < 4.78 is 3.90. The summed E-state index contributed by atoms with van der Waals surface area (Å²) in [4.78, 5) is 8.81. The van der Waals surface area contributed by atoms with E-state index in [2.05, 4.69) is 60.9 Å². The molecule has 0 radical (unpaired) electrons. The van der Waals surface area contributed by atoms with E-state index in [1.165, 1.54) is 0 Å². The molecule has 3 aromatic rings. The molecule has 0 bridgehead atoms. The highest BCUT2D eigenvalue weighted by molar-refractivity contribution is 9.10. The van der Waals surface area contributed by atoms with Crippen LogP contribution in [0.1, 0.15) is 18.5 Å². The number of aromatic nitrogens is 3. The Morgan fingerprint density at radius 1 is 1.15 bits per heavy atom. The number of nitrogens with two attached hydrogens (primary N) is 1. The molecule has 0 fully saturated rings. The van der Waals surface area contributed by atoms with Crippen LogP contribution in [-0.2, 0) is 0 Å². The Morgan fingerprint density at radius 3 is 2.55 bits per heavy atom. The van der Waals surface area contributed by atoms with Crippen LogP contribution in [0.2, 0.25) is 0 Å². The zero-order valence-corrected chi connectivity index (χ0v) is 13.9. The van der Waals surface area contributed by atoms with Crippen LogP contribution in [0.25, 0.3) is 11.2 Å². The largest absolute Gasteiger partial charge is 0.369 e. The minimum atomic E-state index is 0.0711. The third-order valence-electron chi connectivity index (χ3n) is 3.26. The van der Waals surface area contributed by atoms with Crippen molar-refractivity contribution in [2.75, 3.05) is 5.73 Å². The SMILES string of the molecule is CC(c1ccc(Br)cc1)n1c(N)nc2cc(Br)cnc21. The molecular formula is C14H12Br2N4. The molecule has 102 valence electrons. The molecule has 1 aromatic carbocycles. The van der Waals surface area contributed by atoms with Crippen LogP contribution in [0.15, 0.2) is 45.5 Å². The van der Waals surface area contributed by atoms with E-state index < -0.39 is 0 Å². The van der Waals surface area contributed by atoms with E-state index in [-0.39, 0.29) is 6.04 Å². The van der Waals surface area contributed by atoms with Gasteiger partial charge in [0.15, 0.2) is 5.65 Å². The van der Waals surface area contributed by atoms with E-state index in [1.807, 2.05) is 22.8 Å². The lowest BCUT2D eigenvalue weighted by atomic mass is 10.1. The summed E-state index contributed by atoms with van der Waals surface area (Å²) in [6.07, 6.45) is 1.76. The second-order valence-corrected chi connectivity index (χ2v) is 6.40. The Morgan fingerprint density at radius 2 is 1.85 bits per heavy atom. The van der Waals surface area contributed by atoms with Crippen molar-refractivity contribution in [1.82, 2.24) is 14.5 Å². The lowest BCUT2D eigenvalue weighted by Gasteiger charge is -2.16. The van der Waals surface area contributed by atoms with Crippen molar-refractivity contribution in [1.29, 1.82) is 0 Å². The Labute approximate surface area is 133 Å². The van der Waals surface area contributed by atoms with Crippen LogP contribution in [0.3, 0.4) is 0 Å². The van der Waals surface area contributed by atoms with Crippen molar-refractivity contribution < 1.29 is 0 Å². The molecule has 2 N–H and O–H groups in total. The van der Waals surface area contributed by atoms with Crippen molar-refractivity contribution in [3.63, 3.8) is 0 Å². The van der Waals surface area contributed by atoms with Gasteiger partial charge in [-0.25, -0.2) is 9.97 Å². The quantitative estimate of drug-likeness (QED) is 0.709. The third kappa shape index (κ3) is 2.33. The number of benzene rings is 1. The Hall–Kier alpha value is -1.40. The van der Waals surface area contributed by atoms with E-state index >= 15 is 0 Å². The Bertz CT molecular complexity index is 765. The van der Waals surface area contributed by atoms with Gasteiger partial charge in [0, 0.05) is 15.1 Å². The van der Waals surface area contributed by atoms with Crippen molar-refractivity contribution in [3.05, 3.63) is 51.0 Å². The first-order chi connectivity index (χ1) is 9.56. The highest BCUT2D eigenvalue weighted by atomic mass is 79.9. The van der Waals surface area contributed by atoms with Crippen molar-refractivity contribution in [3.8, 4) is 0 Å². The number of fused-ring (bicyclic) bond motifs is 1. The minimum Gasteiger partial charge on any atom is -0.369 e. The van der Waals surface area contributed by atoms with Crippen LogP contribution in [0.4, 0.5) is 5.95 Å². The first kappa shape index (κ1) is 13.6. The number of pyridine rings is 1. The second-order valence-electron chi connectivity index (χ2n) is 4.56. The average Bonchev–Trinajstić information content (AvgIpc) is 2.73. The van der Waals surface area contributed by atoms with E-state index in [0.29, 0.717) is 5.95 Å².